The number of nitrogens with zero attached hydrogens (tertiary/aromatic N) is 2. The molecule has 1 aromatic carbocycles. The third kappa shape index (κ3) is 4.78. The van der Waals surface area contributed by atoms with Crippen molar-refractivity contribution in [1.29, 1.82) is 0 Å². The molecule has 6 nitrogen and oxygen atoms in total. The van der Waals surface area contributed by atoms with Gasteiger partial charge < -0.3 is 10.2 Å². The van der Waals surface area contributed by atoms with Crippen molar-refractivity contribution < 1.29 is 18.5 Å². The van der Waals surface area contributed by atoms with Gasteiger partial charge in [0.25, 0.3) is 5.91 Å². The molecule has 7 heteroatoms. The Morgan fingerprint density at radius 2 is 1.58 bits per heavy atom. The van der Waals surface area contributed by atoms with Crippen molar-refractivity contribution in [1.82, 2.24) is 9.21 Å². The Morgan fingerprint density at radius 1 is 1.08 bits per heavy atom. The SMILES string of the molecule is CCN(CC)S(=O)(=O)c1ccc([C@@H](C)[NH2+][C@H](C)C(=O)N(C)C)cc1. The van der Waals surface area contributed by atoms with E-state index in [9.17, 15) is 13.2 Å². The molecule has 136 valence electrons. The lowest BCUT2D eigenvalue weighted by molar-refractivity contribution is -0.710. The van der Waals surface area contributed by atoms with Gasteiger partial charge in [-0.2, -0.15) is 4.31 Å². The van der Waals surface area contributed by atoms with E-state index in [-0.39, 0.29) is 18.0 Å². The maximum Gasteiger partial charge on any atom is 0.279 e. The first-order valence-electron chi connectivity index (χ1n) is 8.31. The summed E-state index contributed by atoms with van der Waals surface area (Å²) >= 11 is 0. The lowest BCUT2D eigenvalue weighted by atomic mass is 10.1. The van der Waals surface area contributed by atoms with Crippen LogP contribution in [0.1, 0.15) is 39.3 Å². The number of carbonyl (C=O) groups is 1. The molecule has 0 saturated heterocycles. The molecule has 0 saturated carbocycles. The number of hydrogen-bond donors (Lipinski definition) is 1. The number of sulfonamides is 1. The van der Waals surface area contributed by atoms with Crippen molar-refractivity contribution >= 4 is 15.9 Å². The Kier molecular flexibility index (Phi) is 7.38. The summed E-state index contributed by atoms with van der Waals surface area (Å²) in [5.41, 5.74) is 0.993. The predicted octanol–water partition coefficient (Wildman–Crippen LogP) is 0.818. The van der Waals surface area contributed by atoms with Gasteiger partial charge in [-0.15, -0.1) is 0 Å². The van der Waals surface area contributed by atoms with Crippen LogP contribution in [-0.4, -0.2) is 56.8 Å². The predicted molar refractivity (Wildman–Crippen MR) is 95.0 cm³/mol. The second-order valence-electron chi connectivity index (χ2n) is 6.16. The number of quaternary nitrogens is 1. The van der Waals surface area contributed by atoms with Gasteiger partial charge >= 0.3 is 0 Å². The summed E-state index contributed by atoms with van der Waals surface area (Å²) < 4.78 is 26.4. The first-order chi connectivity index (χ1) is 11.1. The minimum Gasteiger partial charge on any atom is -0.344 e. The van der Waals surface area contributed by atoms with E-state index >= 15 is 0 Å². The molecule has 2 N–H and O–H groups in total. The Morgan fingerprint density at radius 3 is 2.00 bits per heavy atom. The molecule has 0 aromatic heterocycles. The molecule has 24 heavy (non-hydrogen) atoms. The number of carbonyl (C=O) groups excluding carboxylic acids is 1. The second kappa shape index (κ2) is 8.60. The highest BCUT2D eigenvalue weighted by Gasteiger charge is 2.24. The highest BCUT2D eigenvalue weighted by Crippen LogP contribution is 2.18. The van der Waals surface area contributed by atoms with E-state index in [0.29, 0.717) is 18.0 Å². The summed E-state index contributed by atoms with van der Waals surface area (Å²) in [5.74, 6) is 0.0579. The van der Waals surface area contributed by atoms with Crippen LogP contribution < -0.4 is 5.32 Å². The largest absolute Gasteiger partial charge is 0.344 e. The van der Waals surface area contributed by atoms with Crippen LogP contribution >= 0.6 is 0 Å². The molecule has 0 aliphatic heterocycles. The highest BCUT2D eigenvalue weighted by atomic mass is 32.2. The zero-order valence-corrected chi connectivity index (χ0v) is 16.3. The van der Waals surface area contributed by atoms with E-state index in [1.807, 2.05) is 45.1 Å². The number of benzene rings is 1. The number of hydrogen-bond acceptors (Lipinski definition) is 3. The fourth-order valence-corrected chi connectivity index (χ4v) is 4.15. The fourth-order valence-electron chi connectivity index (χ4n) is 2.69. The average Bonchev–Trinajstić information content (AvgIpc) is 2.54. The van der Waals surface area contributed by atoms with Crippen LogP contribution in [-0.2, 0) is 14.8 Å². The van der Waals surface area contributed by atoms with E-state index < -0.39 is 10.0 Å². The Bertz CT molecular complexity index is 638. The van der Waals surface area contributed by atoms with Crippen LogP contribution in [0.15, 0.2) is 29.2 Å². The van der Waals surface area contributed by atoms with Gasteiger partial charge in [-0.05, 0) is 26.0 Å². The molecule has 0 aliphatic carbocycles. The maximum absolute atomic E-state index is 12.5. The topological polar surface area (TPSA) is 74.3 Å². The molecular weight excluding hydrogens is 326 g/mol. The summed E-state index contributed by atoms with van der Waals surface area (Å²) in [7, 11) is 0.0515. The molecule has 1 aromatic rings. The van der Waals surface area contributed by atoms with Crippen LogP contribution in [0, 0.1) is 0 Å². The van der Waals surface area contributed by atoms with Crippen LogP contribution in [0.4, 0.5) is 0 Å². The van der Waals surface area contributed by atoms with E-state index in [1.54, 1.807) is 31.1 Å². The fraction of sp³-hybridized carbons (Fsp3) is 0.588. The Hall–Kier alpha value is -1.44. The van der Waals surface area contributed by atoms with Gasteiger partial charge in [-0.1, -0.05) is 26.0 Å². The molecule has 0 spiro atoms. The Labute approximate surface area is 145 Å². The van der Waals surface area contributed by atoms with Gasteiger partial charge in [0.05, 0.1) is 4.90 Å². The first kappa shape index (κ1) is 20.6. The number of rotatable bonds is 8. The van der Waals surface area contributed by atoms with Gasteiger partial charge in [0.1, 0.15) is 6.04 Å². The van der Waals surface area contributed by atoms with Crippen molar-refractivity contribution in [2.75, 3.05) is 27.2 Å². The van der Waals surface area contributed by atoms with Crippen LogP contribution in [0.3, 0.4) is 0 Å². The summed E-state index contributed by atoms with van der Waals surface area (Å²) in [6.45, 7) is 8.44. The lowest BCUT2D eigenvalue weighted by Crippen LogP contribution is -2.92. The van der Waals surface area contributed by atoms with Crippen molar-refractivity contribution in [3.8, 4) is 0 Å². The maximum atomic E-state index is 12.5. The van der Waals surface area contributed by atoms with Crippen molar-refractivity contribution in [2.24, 2.45) is 0 Å². The van der Waals surface area contributed by atoms with Crippen LogP contribution in [0.25, 0.3) is 0 Å². The minimum absolute atomic E-state index is 0.0579. The molecule has 0 radical (unpaired) electrons. The van der Waals surface area contributed by atoms with Gasteiger partial charge in [0.2, 0.25) is 10.0 Å². The quantitative estimate of drug-likeness (QED) is 0.749. The van der Waals surface area contributed by atoms with Crippen molar-refractivity contribution in [3.05, 3.63) is 29.8 Å². The van der Waals surface area contributed by atoms with Gasteiger partial charge in [-0.3, -0.25) is 4.79 Å². The van der Waals surface area contributed by atoms with E-state index in [0.717, 1.165) is 5.56 Å². The third-order valence-electron chi connectivity index (χ3n) is 4.16. The molecule has 0 unspecified atom stereocenters. The molecular formula is C17H30N3O3S+. The lowest BCUT2D eigenvalue weighted by Gasteiger charge is -2.20. The molecule has 0 aliphatic rings. The zero-order chi connectivity index (χ0) is 18.5. The molecule has 1 rings (SSSR count). The van der Waals surface area contributed by atoms with Crippen LogP contribution in [0.2, 0.25) is 0 Å². The van der Waals surface area contributed by atoms with Gasteiger partial charge in [0, 0.05) is 32.7 Å². The average molecular weight is 357 g/mol. The first-order valence-corrected chi connectivity index (χ1v) is 9.75. The van der Waals surface area contributed by atoms with Gasteiger partial charge in [-0.25, -0.2) is 8.42 Å². The van der Waals surface area contributed by atoms with Crippen molar-refractivity contribution in [3.63, 3.8) is 0 Å². The van der Waals surface area contributed by atoms with E-state index in [4.69, 9.17) is 0 Å². The summed E-state index contributed by atoms with van der Waals surface area (Å²) in [6, 6.07) is 6.81. The molecule has 1 amide bonds. The monoisotopic (exact) mass is 356 g/mol. The molecule has 0 fully saturated rings. The van der Waals surface area contributed by atoms with Gasteiger partial charge in [0.15, 0.2) is 6.04 Å². The standard InChI is InChI=1S/C17H29N3O3S/c1-7-20(8-2)24(22,23)16-11-9-15(10-12-16)13(3)18-14(4)17(21)19(5)6/h9-14,18H,7-8H2,1-6H3/p+1/t13-,14-/m1/s1. The highest BCUT2D eigenvalue weighted by molar-refractivity contribution is 7.89. The molecule has 0 bridgehead atoms. The third-order valence-corrected chi connectivity index (χ3v) is 6.22. The molecule has 0 heterocycles. The summed E-state index contributed by atoms with van der Waals surface area (Å²) in [4.78, 5) is 13.8. The van der Waals surface area contributed by atoms with Crippen molar-refractivity contribution in [2.45, 2.75) is 44.7 Å². The minimum atomic E-state index is -3.43. The Balaban J connectivity index is 2.89. The second-order valence-corrected chi connectivity index (χ2v) is 8.10. The molecule has 2 atom stereocenters. The normalized spacial score (nSPS) is 14.5. The summed E-state index contributed by atoms with van der Waals surface area (Å²) in [6.07, 6.45) is 0. The van der Waals surface area contributed by atoms with E-state index in [2.05, 4.69) is 0 Å². The smallest absolute Gasteiger partial charge is 0.279 e. The zero-order valence-electron chi connectivity index (χ0n) is 15.5. The number of likely N-dealkylation sites (N-methyl/N-ethyl adjacent to an activating group) is 1. The van der Waals surface area contributed by atoms with Crippen LogP contribution in [0.5, 0.6) is 0 Å². The van der Waals surface area contributed by atoms with E-state index in [1.165, 1.54) is 4.31 Å². The number of amides is 1. The summed E-state index contributed by atoms with van der Waals surface area (Å²) in [5, 5.41) is 1.98. The number of nitrogens with two attached hydrogens (primary N) is 1.